The molecule has 0 aromatic heterocycles. The van der Waals surface area contributed by atoms with Crippen LogP contribution in [0.15, 0.2) is 11.1 Å². The van der Waals surface area contributed by atoms with E-state index in [0.717, 1.165) is 38.9 Å². The topological polar surface area (TPSA) is 52.6 Å². The van der Waals surface area contributed by atoms with Gasteiger partial charge in [0.2, 0.25) is 0 Å². The van der Waals surface area contributed by atoms with Gasteiger partial charge >= 0.3 is 5.97 Å². The van der Waals surface area contributed by atoms with E-state index >= 15 is 0 Å². The zero-order chi connectivity index (χ0) is 11.5. The third-order valence-corrected chi connectivity index (χ3v) is 3.73. The SMILES string of the molecule is CN1CCC(C2=C(C(=O)O)CNCC2)CC1. The number of hydrogen-bond donors (Lipinski definition) is 2. The Labute approximate surface area is 96.3 Å². The van der Waals surface area contributed by atoms with Crippen LogP contribution in [0.2, 0.25) is 0 Å². The standard InChI is InChI=1S/C12H20N2O2/c1-14-6-3-9(4-7-14)10-2-5-13-8-11(10)12(15)16/h9,13H,2-8H2,1H3,(H,15,16). The molecule has 0 aromatic carbocycles. The van der Waals surface area contributed by atoms with Gasteiger partial charge in [-0.2, -0.15) is 0 Å². The second kappa shape index (κ2) is 4.97. The van der Waals surface area contributed by atoms with Gasteiger partial charge in [0.25, 0.3) is 0 Å². The first-order valence-corrected chi connectivity index (χ1v) is 6.03. The molecule has 0 saturated carbocycles. The van der Waals surface area contributed by atoms with Crippen LogP contribution in [0, 0.1) is 5.92 Å². The normalized spacial score (nSPS) is 24.8. The van der Waals surface area contributed by atoms with E-state index in [4.69, 9.17) is 0 Å². The summed E-state index contributed by atoms with van der Waals surface area (Å²) in [7, 11) is 2.13. The molecule has 0 aliphatic carbocycles. The van der Waals surface area contributed by atoms with Gasteiger partial charge in [-0.15, -0.1) is 0 Å². The van der Waals surface area contributed by atoms with Crippen molar-refractivity contribution in [3.8, 4) is 0 Å². The number of aliphatic carboxylic acids is 1. The number of likely N-dealkylation sites (tertiary alicyclic amines) is 1. The Morgan fingerprint density at radius 3 is 2.75 bits per heavy atom. The maximum atomic E-state index is 11.2. The van der Waals surface area contributed by atoms with Gasteiger partial charge in [-0.3, -0.25) is 0 Å². The van der Waals surface area contributed by atoms with Crippen molar-refractivity contribution >= 4 is 5.97 Å². The Morgan fingerprint density at radius 1 is 1.44 bits per heavy atom. The lowest BCUT2D eigenvalue weighted by Gasteiger charge is -2.33. The maximum absolute atomic E-state index is 11.2. The summed E-state index contributed by atoms with van der Waals surface area (Å²) in [6.45, 7) is 3.65. The smallest absolute Gasteiger partial charge is 0.332 e. The van der Waals surface area contributed by atoms with E-state index < -0.39 is 5.97 Å². The summed E-state index contributed by atoms with van der Waals surface area (Å²) in [4.78, 5) is 13.5. The first kappa shape index (κ1) is 11.6. The predicted octanol–water partition coefficient (Wildman–Crippen LogP) is 0.703. The first-order valence-electron chi connectivity index (χ1n) is 6.03. The molecule has 16 heavy (non-hydrogen) atoms. The fraction of sp³-hybridized carbons (Fsp3) is 0.750. The molecular formula is C12H20N2O2. The largest absolute Gasteiger partial charge is 0.478 e. The van der Waals surface area contributed by atoms with Gasteiger partial charge in [-0.1, -0.05) is 5.57 Å². The average Bonchev–Trinajstić information content (AvgIpc) is 2.30. The van der Waals surface area contributed by atoms with Crippen LogP contribution in [0.25, 0.3) is 0 Å². The highest BCUT2D eigenvalue weighted by Gasteiger charge is 2.26. The zero-order valence-electron chi connectivity index (χ0n) is 9.83. The molecule has 1 saturated heterocycles. The lowest BCUT2D eigenvalue weighted by Crippen LogP contribution is -2.35. The molecule has 4 nitrogen and oxygen atoms in total. The van der Waals surface area contributed by atoms with E-state index in [-0.39, 0.29) is 0 Å². The number of piperidine rings is 1. The molecule has 2 rings (SSSR count). The third-order valence-electron chi connectivity index (χ3n) is 3.73. The fourth-order valence-corrected chi connectivity index (χ4v) is 2.72. The minimum absolute atomic E-state index is 0.504. The highest BCUT2D eigenvalue weighted by Crippen LogP contribution is 2.30. The van der Waals surface area contributed by atoms with Gasteiger partial charge in [0.15, 0.2) is 0 Å². The van der Waals surface area contributed by atoms with Crippen molar-refractivity contribution in [2.45, 2.75) is 19.3 Å². The molecule has 0 atom stereocenters. The van der Waals surface area contributed by atoms with Crippen LogP contribution in [0.4, 0.5) is 0 Å². The quantitative estimate of drug-likeness (QED) is 0.725. The van der Waals surface area contributed by atoms with Crippen LogP contribution in [0.3, 0.4) is 0 Å². The van der Waals surface area contributed by atoms with Crippen molar-refractivity contribution in [3.05, 3.63) is 11.1 Å². The zero-order valence-corrected chi connectivity index (χ0v) is 9.83. The molecule has 90 valence electrons. The van der Waals surface area contributed by atoms with E-state index in [2.05, 4.69) is 17.3 Å². The summed E-state index contributed by atoms with van der Waals surface area (Å²) in [6, 6.07) is 0. The van der Waals surface area contributed by atoms with E-state index in [1.54, 1.807) is 0 Å². The summed E-state index contributed by atoms with van der Waals surface area (Å²) in [5.74, 6) is -0.231. The maximum Gasteiger partial charge on any atom is 0.332 e. The van der Waals surface area contributed by atoms with Crippen LogP contribution in [0.5, 0.6) is 0 Å². The summed E-state index contributed by atoms with van der Waals surface area (Å²) < 4.78 is 0. The molecule has 0 bridgehead atoms. The summed E-state index contributed by atoms with van der Waals surface area (Å²) in [6.07, 6.45) is 3.14. The minimum atomic E-state index is -0.735. The van der Waals surface area contributed by atoms with E-state index in [1.807, 2.05) is 0 Å². The van der Waals surface area contributed by atoms with Crippen LogP contribution in [-0.2, 0) is 4.79 Å². The van der Waals surface area contributed by atoms with Gasteiger partial charge in [0.1, 0.15) is 0 Å². The Kier molecular flexibility index (Phi) is 3.61. The minimum Gasteiger partial charge on any atom is -0.478 e. The highest BCUT2D eigenvalue weighted by atomic mass is 16.4. The predicted molar refractivity (Wildman–Crippen MR) is 62.4 cm³/mol. The number of carboxylic acids is 1. The molecule has 1 fully saturated rings. The average molecular weight is 224 g/mol. The molecule has 4 heteroatoms. The number of hydrogen-bond acceptors (Lipinski definition) is 3. The Bertz CT molecular complexity index is 304. The van der Waals surface area contributed by atoms with Crippen molar-refractivity contribution in [1.82, 2.24) is 10.2 Å². The number of carbonyl (C=O) groups is 1. The van der Waals surface area contributed by atoms with Gasteiger partial charge < -0.3 is 15.3 Å². The van der Waals surface area contributed by atoms with Gasteiger partial charge in [0.05, 0.1) is 5.57 Å². The molecule has 2 heterocycles. The van der Waals surface area contributed by atoms with Crippen molar-refractivity contribution in [3.63, 3.8) is 0 Å². The van der Waals surface area contributed by atoms with Gasteiger partial charge in [-0.25, -0.2) is 4.79 Å². The number of nitrogens with zero attached hydrogens (tertiary/aromatic N) is 1. The Balaban J connectivity index is 2.13. The van der Waals surface area contributed by atoms with Crippen molar-refractivity contribution < 1.29 is 9.90 Å². The number of nitrogens with one attached hydrogen (secondary N) is 1. The molecular weight excluding hydrogens is 204 g/mol. The molecule has 0 amide bonds. The van der Waals surface area contributed by atoms with Crippen molar-refractivity contribution in [2.75, 3.05) is 33.2 Å². The Morgan fingerprint density at radius 2 is 2.12 bits per heavy atom. The Hall–Kier alpha value is -0.870. The van der Waals surface area contributed by atoms with Crippen LogP contribution in [-0.4, -0.2) is 49.2 Å². The third kappa shape index (κ3) is 2.44. The molecule has 2 N–H and O–H groups in total. The molecule has 0 aromatic rings. The monoisotopic (exact) mass is 224 g/mol. The van der Waals surface area contributed by atoms with Gasteiger partial charge in [0, 0.05) is 6.54 Å². The molecule has 2 aliphatic heterocycles. The van der Waals surface area contributed by atoms with E-state index in [0.29, 0.717) is 18.0 Å². The molecule has 0 unspecified atom stereocenters. The molecule has 0 radical (unpaired) electrons. The number of carboxylic acid groups (broad SMARTS) is 1. The van der Waals surface area contributed by atoms with Crippen LogP contribution < -0.4 is 5.32 Å². The lowest BCUT2D eigenvalue weighted by molar-refractivity contribution is -0.132. The first-order chi connectivity index (χ1) is 7.68. The van der Waals surface area contributed by atoms with Gasteiger partial charge in [-0.05, 0) is 51.9 Å². The second-order valence-corrected chi connectivity index (χ2v) is 4.81. The van der Waals surface area contributed by atoms with Crippen molar-refractivity contribution in [1.29, 1.82) is 0 Å². The van der Waals surface area contributed by atoms with E-state index in [1.165, 1.54) is 5.57 Å². The fourth-order valence-electron chi connectivity index (χ4n) is 2.72. The lowest BCUT2D eigenvalue weighted by atomic mass is 9.83. The molecule has 0 spiro atoms. The van der Waals surface area contributed by atoms with Crippen LogP contribution >= 0.6 is 0 Å². The summed E-state index contributed by atoms with van der Waals surface area (Å²) in [5, 5.41) is 12.3. The second-order valence-electron chi connectivity index (χ2n) is 4.81. The summed E-state index contributed by atoms with van der Waals surface area (Å²) >= 11 is 0. The highest BCUT2D eigenvalue weighted by molar-refractivity contribution is 5.88. The van der Waals surface area contributed by atoms with Crippen molar-refractivity contribution in [2.24, 2.45) is 5.92 Å². The molecule has 2 aliphatic rings. The number of rotatable bonds is 2. The summed E-state index contributed by atoms with van der Waals surface area (Å²) in [5.41, 5.74) is 1.83. The van der Waals surface area contributed by atoms with Crippen LogP contribution in [0.1, 0.15) is 19.3 Å². The van der Waals surface area contributed by atoms with E-state index in [9.17, 15) is 9.90 Å².